The molecular weight excluding hydrogens is 184 g/mol. The molecule has 2 unspecified atom stereocenters. The summed E-state index contributed by atoms with van der Waals surface area (Å²) in [6.07, 6.45) is 1.23. The third-order valence-electron chi connectivity index (χ3n) is 2.71. The Hall–Kier alpha value is 0.110. The quantitative estimate of drug-likeness (QED) is 0.627. The fourth-order valence-corrected chi connectivity index (χ4v) is 2.37. The van der Waals surface area contributed by atoms with E-state index in [0.717, 1.165) is 19.5 Å². The largest absolute Gasteiger partial charge is 0.316 e. The highest BCUT2D eigenvalue weighted by molar-refractivity contribution is 5.85. The van der Waals surface area contributed by atoms with Crippen LogP contribution in [0.2, 0.25) is 0 Å². The maximum Gasteiger partial charge on any atom is 0.248 e. The Morgan fingerprint density at radius 1 is 1.08 bits per heavy atom. The van der Waals surface area contributed by atoms with Crippen molar-refractivity contribution in [3.63, 3.8) is 0 Å². The average molecular weight is 198 g/mol. The van der Waals surface area contributed by atoms with Crippen LogP contribution in [-0.4, -0.2) is 19.0 Å². The summed E-state index contributed by atoms with van der Waals surface area (Å²) in [5, 5.41) is 3.19. The maximum atomic E-state index is 12.9. The number of piperidine rings is 1. The molecule has 2 rings (SSSR count). The summed E-state index contributed by atoms with van der Waals surface area (Å²) in [5.74, 6) is -1.90. The van der Waals surface area contributed by atoms with Gasteiger partial charge in [-0.1, -0.05) is 0 Å². The third-order valence-corrected chi connectivity index (χ3v) is 2.71. The maximum absolute atomic E-state index is 12.9. The van der Waals surface area contributed by atoms with Gasteiger partial charge in [0.2, 0.25) is 5.92 Å². The number of nitrogens with one attached hydrogen (secondary N) is 1. The van der Waals surface area contributed by atoms with E-state index >= 15 is 0 Å². The highest BCUT2D eigenvalue weighted by atomic mass is 35.5. The lowest BCUT2D eigenvalue weighted by Crippen LogP contribution is -2.45. The average Bonchev–Trinajstić information content (AvgIpc) is 1.82. The molecule has 0 aromatic heterocycles. The van der Waals surface area contributed by atoms with E-state index in [0.29, 0.717) is 0 Å². The number of fused-ring (bicyclic) bond motifs is 2. The van der Waals surface area contributed by atoms with Crippen molar-refractivity contribution in [2.75, 3.05) is 13.1 Å². The zero-order chi connectivity index (χ0) is 7.90. The van der Waals surface area contributed by atoms with E-state index < -0.39 is 5.92 Å². The van der Waals surface area contributed by atoms with Gasteiger partial charge in [0.1, 0.15) is 0 Å². The van der Waals surface area contributed by atoms with E-state index in [-0.39, 0.29) is 37.1 Å². The van der Waals surface area contributed by atoms with Crippen molar-refractivity contribution in [3.05, 3.63) is 0 Å². The number of hydrogen-bond acceptors (Lipinski definition) is 1. The Labute approximate surface area is 77.3 Å². The number of halogens is 3. The lowest BCUT2D eigenvalue weighted by Gasteiger charge is -2.39. The van der Waals surface area contributed by atoms with E-state index in [9.17, 15) is 8.78 Å². The Balaban J connectivity index is 0.000000720. The van der Waals surface area contributed by atoms with Crippen LogP contribution in [0.25, 0.3) is 0 Å². The number of alkyl halides is 2. The fourth-order valence-electron chi connectivity index (χ4n) is 2.37. The summed E-state index contributed by atoms with van der Waals surface area (Å²) in [5.41, 5.74) is 0. The standard InChI is InChI=1S/C8H13F2N.ClH/c9-8(10)2-6-1-7(3-8)5-11-4-6;/h6-7,11H,1-5H2;1H. The summed E-state index contributed by atoms with van der Waals surface area (Å²) >= 11 is 0. The minimum absolute atomic E-state index is 0. The molecule has 1 saturated carbocycles. The molecule has 0 amide bonds. The van der Waals surface area contributed by atoms with Crippen molar-refractivity contribution in [1.29, 1.82) is 0 Å². The molecule has 1 aliphatic carbocycles. The highest BCUT2D eigenvalue weighted by Gasteiger charge is 2.42. The van der Waals surface area contributed by atoms with Crippen LogP contribution in [0.15, 0.2) is 0 Å². The Morgan fingerprint density at radius 2 is 1.58 bits per heavy atom. The molecule has 0 aromatic rings. The second-order valence-electron chi connectivity index (χ2n) is 3.89. The van der Waals surface area contributed by atoms with E-state index in [4.69, 9.17) is 0 Å². The van der Waals surface area contributed by atoms with E-state index in [1.807, 2.05) is 0 Å². The number of hydrogen-bond donors (Lipinski definition) is 1. The second kappa shape index (κ2) is 3.46. The van der Waals surface area contributed by atoms with Crippen LogP contribution >= 0.6 is 12.4 Å². The van der Waals surface area contributed by atoms with Crippen LogP contribution in [0.3, 0.4) is 0 Å². The molecule has 1 nitrogen and oxygen atoms in total. The van der Waals surface area contributed by atoms with Gasteiger partial charge in [0.15, 0.2) is 0 Å². The Bertz CT molecular complexity index is 149. The first kappa shape index (κ1) is 10.2. The molecular formula is C8H14ClF2N. The van der Waals surface area contributed by atoms with Crippen LogP contribution in [0, 0.1) is 11.8 Å². The van der Waals surface area contributed by atoms with E-state index in [1.54, 1.807) is 0 Å². The SMILES string of the molecule is Cl.FC1(F)CC2CNCC(C2)C1. The Morgan fingerprint density at radius 3 is 2.08 bits per heavy atom. The normalized spacial score (nSPS) is 38.5. The van der Waals surface area contributed by atoms with Crippen molar-refractivity contribution < 1.29 is 8.78 Å². The molecule has 12 heavy (non-hydrogen) atoms. The summed E-state index contributed by atoms with van der Waals surface area (Å²) in [6.45, 7) is 1.60. The Kier molecular flexibility index (Phi) is 2.94. The number of rotatable bonds is 0. The second-order valence-corrected chi connectivity index (χ2v) is 3.89. The van der Waals surface area contributed by atoms with Crippen molar-refractivity contribution in [3.8, 4) is 0 Å². The van der Waals surface area contributed by atoms with Crippen molar-refractivity contribution in [2.24, 2.45) is 11.8 Å². The van der Waals surface area contributed by atoms with Crippen LogP contribution in [0.5, 0.6) is 0 Å². The first-order valence-electron chi connectivity index (χ1n) is 4.24. The van der Waals surface area contributed by atoms with E-state index in [2.05, 4.69) is 5.32 Å². The summed E-state index contributed by atoms with van der Waals surface area (Å²) in [7, 11) is 0. The molecule has 1 aliphatic heterocycles. The van der Waals surface area contributed by atoms with Gasteiger partial charge in [0, 0.05) is 12.8 Å². The molecule has 0 spiro atoms. The molecule has 1 saturated heterocycles. The van der Waals surface area contributed by atoms with Gasteiger partial charge >= 0.3 is 0 Å². The van der Waals surface area contributed by atoms with Crippen LogP contribution in [-0.2, 0) is 0 Å². The molecule has 0 radical (unpaired) electrons. The van der Waals surface area contributed by atoms with Gasteiger partial charge < -0.3 is 5.32 Å². The van der Waals surface area contributed by atoms with Gasteiger partial charge in [-0.3, -0.25) is 0 Å². The summed E-state index contributed by atoms with van der Waals surface area (Å²) in [6, 6.07) is 0. The molecule has 72 valence electrons. The first-order valence-corrected chi connectivity index (χ1v) is 4.24. The topological polar surface area (TPSA) is 12.0 Å². The molecule has 1 heterocycles. The van der Waals surface area contributed by atoms with Gasteiger partial charge in [0.25, 0.3) is 0 Å². The highest BCUT2D eigenvalue weighted by Crippen LogP contribution is 2.41. The summed E-state index contributed by atoms with van der Waals surface area (Å²) < 4.78 is 25.8. The monoisotopic (exact) mass is 197 g/mol. The minimum atomic E-state index is -2.37. The first-order chi connectivity index (χ1) is 5.16. The van der Waals surface area contributed by atoms with Gasteiger partial charge in [-0.15, -0.1) is 12.4 Å². The smallest absolute Gasteiger partial charge is 0.248 e. The molecule has 2 fully saturated rings. The van der Waals surface area contributed by atoms with Crippen molar-refractivity contribution in [2.45, 2.75) is 25.2 Å². The lowest BCUT2D eigenvalue weighted by atomic mass is 9.77. The molecule has 2 atom stereocenters. The predicted octanol–water partition coefficient (Wildman–Crippen LogP) is 2.06. The third kappa shape index (κ3) is 2.07. The summed E-state index contributed by atoms with van der Waals surface area (Å²) in [4.78, 5) is 0. The molecule has 4 heteroatoms. The fraction of sp³-hybridized carbons (Fsp3) is 1.00. The van der Waals surface area contributed by atoms with Gasteiger partial charge in [-0.05, 0) is 31.3 Å². The zero-order valence-corrected chi connectivity index (χ0v) is 7.67. The van der Waals surface area contributed by atoms with Crippen LogP contribution < -0.4 is 5.32 Å². The molecule has 1 N–H and O–H groups in total. The lowest BCUT2D eigenvalue weighted by molar-refractivity contribution is -0.0795. The van der Waals surface area contributed by atoms with Gasteiger partial charge in [0.05, 0.1) is 0 Å². The molecule has 2 aliphatic rings. The van der Waals surface area contributed by atoms with E-state index in [1.165, 1.54) is 0 Å². The minimum Gasteiger partial charge on any atom is -0.316 e. The van der Waals surface area contributed by atoms with Gasteiger partial charge in [-0.25, -0.2) is 8.78 Å². The zero-order valence-electron chi connectivity index (χ0n) is 6.85. The molecule has 0 aromatic carbocycles. The van der Waals surface area contributed by atoms with Crippen LogP contribution in [0.1, 0.15) is 19.3 Å². The van der Waals surface area contributed by atoms with Gasteiger partial charge in [-0.2, -0.15) is 0 Å². The van der Waals surface area contributed by atoms with Crippen molar-refractivity contribution in [1.82, 2.24) is 5.32 Å². The molecule has 2 bridgehead atoms. The van der Waals surface area contributed by atoms with Crippen LogP contribution in [0.4, 0.5) is 8.78 Å². The van der Waals surface area contributed by atoms with Crippen molar-refractivity contribution >= 4 is 12.4 Å². The predicted molar refractivity (Wildman–Crippen MR) is 45.9 cm³/mol.